The van der Waals surface area contributed by atoms with Crippen LogP contribution >= 0.6 is 11.8 Å². The van der Waals surface area contributed by atoms with Gasteiger partial charge in [-0.05, 0) is 30.9 Å². The Morgan fingerprint density at radius 1 is 1.29 bits per heavy atom. The van der Waals surface area contributed by atoms with Crippen molar-refractivity contribution < 1.29 is 14.3 Å². The van der Waals surface area contributed by atoms with Crippen LogP contribution in [0.1, 0.15) is 32.6 Å². The highest BCUT2D eigenvalue weighted by Gasteiger charge is 2.23. The Morgan fingerprint density at radius 2 is 2.07 bits per heavy atom. The molecule has 1 aromatic carbocycles. The molecule has 3 rings (SSSR count). The van der Waals surface area contributed by atoms with E-state index in [-0.39, 0.29) is 17.7 Å². The molecule has 1 amide bonds. The van der Waals surface area contributed by atoms with Crippen molar-refractivity contribution in [1.29, 1.82) is 0 Å². The average molecular weight is 406 g/mol. The Balaban J connectivity index is 1.66. The van der Waals surface area contributed by atoms with Crippen LogP contribution in [0.4, 0.5) is 0 Å². The number of aromatic nitrogens is 3. The summed E-state index contributed by atoms with van der Waals surface area (Å²) in [5, 5.41) is 11.9. The summed E-state index contributed by atoms with van der Waals surface area (Å²) in [5.41, 5.74) is 0.700. The molecule has 1 aliphatic rings. The Morgan fingerprint density at radius 3 is 2.79 bits per heavy atom. The summed E-state index contributed by atoms with van der Waals surface area (Å²) in [6.07, 6.45) is 4.64. The second-order valence-electron chi connectivity index (χ2n) is 6.97. The molecule has 28 heavy (non-hydrogen) atoms. The van der Waals surface area contributed by atoms with E-state index in [2.05, 4.69) is 22.4 Å². The number of amides is 1. The number of nitrogens with two attached hydrogens (primary N) is 1. The lowest BCUT2D eigenvalue weighted by atomic mass is 9.86. The predicted molar refractivity (Wildman–Crippen MR) is 109 cm³/mol. The van der Waals surface area contributed by atoms with E-state index < -0.39 is 0 Å². The van der Waals surface area contributed by atoms with E-state index in [0.717, 1.165) is 6.42 Å². The van der Waals surface area contributed by atoms with Crippen LogP contribution in [0.2, 0.25) is 0 Å². The van der Waals surface area contributed by atoms with Crippen molar-refractivity contribution in [2.45, 2.75) is 43.8 Å². The van der Waals surface area contributed by atoms with Crippen molar-refractivity contribution in [2.24, 2.45) is 5.92 Å². The molecule has 8 nitrogen and oxygen atoms in total. The van der Waals surface area contributed by atoms with Gasteiger partial charge in [-0.2, -0.15) is 0 Å². The first-order valence-corrected chi connectivity index (χ1v) is 10.4. The normalized spacial score (nSPS) is 19.2. The average Bonchev–Trinajstić information content (AvgIpc) is 3.07. The van der Waals surface area contributed by atoms with E-state index >= 15 is 0 Å². The molecule has 9 heteroatoms. The molecule has 0 bridgehead atoms. The zero-order chi connectivity index (χ0) is 20.1. The van der Waals surface area contributed by atoms with Gasteiger partial charge >= 0.3 is 0 Å². The molecule has 1 aromatic heterocycles. The van der Waals surface area contributed by atoms with E-state index in [4.69, 9.17) is 15.3 Å². The van der Waals surface area contributed by atoms with E-state index in [1.54, 1.807) is 26.4 Å². The summed E-state index contributed by atoms with van der Waals surface area (Å²) in [7, 11) is 3.16. The van der Waals surface area contributed by atoms with Gasteiger partial charge in [0.15, 0.2) is 5.82 Å². The first kappa shape index (κ1) is 20.3. The van der Waals surface area contributed by atoms with Crippen LogP contribution in [-0.2, 0) is 4.79 Å². The van der Waals surface area contributed by atoms with Crippen LogP contribution in [-0.4, -0.2) is 46.8 Å². The number of hydrogen-bond acceptors (Lipinski definition) is 7. The molecule has 0 saturated heterocycles. The molecule has 0 radical (unpaired) electrons. The van der Waals surface area contributed by atoms with Gasteiger partial charge in [0.2, 0.25) is 11.1 Å². The Kier molecular flexibility index (Phi) is 6.66. The molecule has 3 N–H and O–H groups in total. The van der Waals surface area contributed by atoms with Gasteiger partial charge in [-0.3, -0.25) is 4.79 Å². The van der Waals surface area contributed by atoms with Crippen molar-refractivity contribution >= 4 is 17.7 Å². The summed E-state index contributed by atoms with van der Waals surface area (Å²) in [4.78, 5) is 12.3. The van der Waals surface area contributed by atoms with E-state index in [0.29, 0.717) is 34.0 Å². The molecule has 1 aliphatic carbocycles. The Bertz CT molecular complexity index is 826. The van der Waals surface area contributed by atoms with Crippen LogP contribution < -0.4 is 20.6 Å². The number of rotatable bonds is 7. The first-order valence-electron chi connectivity index (χ1n) is 9.38. The van der Waals surface area contributed by atoms with Gasteiger partial charge in [-0.25, -0.2) is 4.68 Å². The predicted octanol–water partition coefficient (Wildman–Crippen LogP) is 2.46. The maximum Gasteiger partial charge on any atom is 0.230 e. The molecule has 1 heterocycles. The molecule has 2 unspecified atom stereocenters. The van der Waals surface area contributed by atoms with Gasteiger partial charge in [0.25, 0.3) is 0 Å². The zero-order valence-electron chi connectivity index (χ0n) is 16.5. The monoisotopic (exact) mass is 405 g/mol. The lowest BCUT2D eigenvalue weighted by Crippen LogP contribution is -2.41. The molecule has 2 aromatic rings. The van der Waals surface area contributed by atoms with Crippen molar-refractivity contribution in [2.75, 3.05) is 25.8 Å². The summed E-state index contributed by atoms with van der Waals surface area (Å²) < 4.78 is 12.0. The molecule has 1 fully saturated rings. The number of ether oxygens (including phenoxy) is 2. The number of hydrogen-bond donors (Lipinski definition) is 2. The molecular weight excluding hydrogens is 378 g/mol. The zero-order valence-corrected chi connectivity index (χ0v) is 17.3. The minimum absolute atomic E-state index is 0.00433. The van der Waals surface area contributed by atoms with Crippen molar-refractivity contribution in [1.82, 2.24) is 20.2 Å². The number of nitrogens with zero attached hydrogens (tertiary/aromatic N) is 3. The number of nitrogen functional groups attached to an aromatic ring is 1. The summed E-state index contributed by atoms with van der Waals surface area (Å²) in [6.45, 7) is 2.20. The quantitative estimate of drug-likeness (QED) is 0.538. The largest absolute Gasteiger partial charge is 0.497 e. The third kappa shape index (κ3) is 4.52. The molecule has 152 valence electrons. The fraction of sp³-hybridized carbons (Fsp3) is 0.526. The van der Waals surface area contributed by atoms with E-state index in [1.165, 1.54) is 35.7 Å². The van der Waals surface area contributed by atoms with Crippen LogP contribution in [0.3, 0.4) is 0 Å². The molecular formula is C19H27N5O3S. The van der Waals surface area contributed by atoms with Crippen LogP contribution in [0, 0.1) is 5.92 Å². The van der Waals surface area contributed by atoms with Crippen molar-refractivity contribution in [3.05, 3.63) is 18.2 Å². The fourth-order valence-corrected chi connectivity index (χ4v) is 4.12. The van der Waals surface area contributed by atoms with Crippen molar-refractivity contribution in [3.8, 4) is 22.9 Å². The smallest absolute Gasteiger partial charge is 0.230 e. The fourth-order valence-electron chi connectivity index (χ4n) is 3.45. The number of nitrogens with one attached hydrogen (secondary N) is 1. The highest BCUT2D eigenvalue weighted by molar-refractivity contribution is 7.99. The summed E-state index contributed by atoms with van der Waals surface area (Å²) >= 11 is 1.27. The van der Waals surface area contributed by atoms with Gasteiger partial charge in [-0.15, -0.1) is 10.2 Å². The maximum absolute atomic E-state index is 12.3. The lowest BCUT2D eigenvalue weighted by Gasteiger charge is -2.29. The van der Waals surface area contributed by atoms with Gasteiger partial charge in [0, 0.05) is 12.1 Å². The van der Waals surface area contributed by atoms with Gasteiger partial charge in [-0.1, -0.05) is 31.5 Å². The van der Waals surface area contributed by atoms with Crippen molar-refractivity contribution in [3.63, 3.8) is 0 Å². The maximum atomic E-state index is 12.3. The number of methoxy groups -OCH3 is 2. The highest BCUT2D eigenvalue weighted by Crippen LogP contribution is 2.33. The van der Waals surface area contributed by atoms with Gasteiger partial charge in [0.05, 0.1) is 25.5 Å². The summed E-state index contributed by atoms with van der Waals surface area (Å²) in [5.74, 6) is 8.66. The third-order valence-corrected chi connectivity index (χ3v) is 6.05. The SMILES string of the molecule is COc1ccc(-c2nnc(SCC(=O)NC3CCCCC3C)n2N)c(OC)c1. The minimum atomic E-state index is -0.00433. The number of carbonyl (C=O) groups excluding carboxylic acids is 1. The lowest BCUT2D eigenvalue weighted by molar-refractivity contribution is -0.119. The minimum Gasteiger partial charge on any atom is -0.497 e. The van der Waals surface area contributed by atoms with Crippen LogP contribution in [0.5, 0.6) is 11.5 Å². The topological polar surface area (TPSA) is 104 Å². The second-order valence-corrected chi connectivity index (χ2v) is 7.91. The van der Waals surface area contributed by atoms with E-state index in [9.17, 15) is 4.79 Å². The van der Waals surface area contributed by atoms with E-state index in [1.807, 2.05) is 6.07 Å². The Labute approximate surface area is 169 Å². The highest BCUT2D eigenvalue weighted by atomic mass is 32.2. The van der Waals surface area contributed by atoms with Crippen LogP contribution in [0.25, 0.3) is 11.4 Å². The Hall–Kier alpha value is -2.42. The standard InChI is InChI=1S/C19H27N5O3S/c1-12-6-4-5-7-15(12)21-17(25)11-28-19-23-22-18(24(19)20)14-9-8-13(26-2)10-16(14)27-3/h8-10,12,15H,4-7,11,20H2,1-3H3,(H,21,25). The molecule has 0 spiro atoms. The number of benzene rings is 1. The third-order valence-electron chi connectivity index (χ3n) is 5.10. The number of carbonyl (C=O) groups is 1. The van der Waals surface area contributed by atoms with Gasteiger partial charge in [0.1, 0.15) is 11.5 Å². The number of thioether (sulfide) groups is 1. The molecule has 2 atom stereocenters. The van der Waals surface area contributed by atoms with Gasteiger partial charge < -0.3 is 20.6 Å². The second kappa shape index (κ2) is 9.18. The first-order chi connectivity index (χ1) is 13.5. The molecule has 0 aliphatic heterocycles. The summed E-state index contributed by atoms with van der Waals surface area (Å²) in [6, 6.07) is 5.64. The molecule has 1 saturated carbocycles. The van der Waals surface area contributed by atoms with Crippen LogP contribution in [0.15, 0.2) is 23.4 Å².